The lowest BCUT2D eigenvalue weighted by atomic mass is 9.75. The van der Waals surface area contributed by atoms with Crippen LogP contribution >= 0.6 is 0 Å². The molecule has 0 aromatic rings. The molecule has 10 heteroatoms. The van der Waals surface area contributed by atoms with Crippen LogP contribution < -0.4 is 0 Å². The van der Waals surface area contributed by atoms with Crippen molar-refractivity contribution < 1.29 is 50.1 Å². The highest BCUT2D eigenvalue weighted by Crippen LogP contribution is 2.35. The van der Waals surface area contributed by atoms with Crippen LogP contribution in [0.3, 0.4) is 0 Å². The maximum Gasteiger partial charge on any atom is 0.331 e. The predicted molar refractivity (Wildman–Crippen MR) is 106 cm³/mol. The number of carboxylic acid groups (broad SMARTS) is 1. The molecule has 10 nitrogen and oxygen atoms in total. The summed E-state index contributed by atoms with van der Waals surface area (Å²) in [6.45, 7) is 4.97. The number of hydrogen-bond acceptors (Lipinski definition) is 9. The van der Waals surface area contributed by atoms with E-state index in [0.717, 1.165) is 25.0 Å². The van der Waals surface area contributed by atoms with Gasteiger partial charge in [0.15, 0.2) is 0 Å². The summed E-state index contributed by atoms with van der Waals surface area (Å²) in [5.74, 6) is -0.282. The quantitative estimate of drug-likeness (QED) is 0.175. The van der Waals surface area contributed by atoms with Gasteiger partial charge in [0, 0.05) is 12.2 Å². The van der Waals surface area contributed by atoms with Crippen LogP contribution in [-0.2, 0) is 14.3 Å². The normalized spacial score (nSPS) is 25.7. The van der Waals surface area contributed by atoms with Crippen molar-refractivity contribution in [1.29, 1.82) is 0 Å². The Kier molecular flexibility index (Phi) is 13.7. The molecule has 7 atom stereocenters. The van der Waals surface area contributed by atoms with E-state index in [-0.39, 0.29) is 6.10 Å². The molecule has 0 aromatic carbocycles. The van der Waals surface area contributed by atoms with Crippen molar-refractivity contribution in [2.45, 2.75) is 70.6 Å². The molecule has 1 saturated carbocycles. The number of esters is 1. The SMILES string of the molecule is CC1CCC(C(C)C)C(OC(=O)/C=C/C(=O)O)C1.OC[C@@H](O)[C@@H](O)[C@H](O)[C@@H](O)CO. The van der Waals surface area contributed by atoms with E-state index in [1.165, 1.54) is 6.42 Å². The van der Waals surface area contributed by atoms with Gasteiger partial charge >= 0.3 is 11.9 Å². The Labute approximate surface area is 176 Å². The van der Waals surface area contributed by atoms with Crippen molar-refractivity contribution in [3.05, 3.63) is 12.2 Å². The van der Waals surface area contributed by atoms with Crippen molar-refractivity contribution in [1.82, 2.24) is 0 Å². The molecule has 1 aliphatic rings. The second kappa shape index (κ2) is 14.4. The third-order valence-electron chi connectivity index (χ3n) is 5.10. The van der Waals surface area contributed by atoms with Gasteiger partial charge in [0.25, 0.3) is 0 Å². The fourth-order valence-corrected chi connectivity index (χ4v) is 3.25. The number of aliphatic hydroxyl groups is 6. The second-order valence-electron chi connectivity index (χ2n) is 7.95. The van der Waals surface area contributed by atoms with E-state index in [0.29, 0.717) is 17.8 Å². The van der Waals surface area contributed by atoms with E-state index in [1.54, 1.807) is 0 Å². The van der Waals surface area contributed by atoms with Gasteiger partial charge in [-0.2, -0.15) is 0 Å². The van der Waals surface area contributed by atoms with Gasteiger partial charge in [-0.1, -0.05) is 27.2 Å². The first-order chi connectivity index (χ1) is 13.9. The van der Waals surface area contributed by atoms with Crippen molar-refractivity contribution in [3.8, 4) is 0 Å². The number of carbonyl (C=O) groups is 2. The average Bonchev–Trinajstić information content (AvgIpc) is 2.70. The Balaban J connectivity index is 0.000000612. The third-order valence-corrected chi connectivity index (χ3v) is 5.10. The van der Waals surface area contributed by atoms with Crippen LogP contribution in [0.4, 0.5) is 0 Å². The van der Waals surface area contributed by atoms with Gasteiger partial charge in [-0.15, -0.1) is 0 Å². The van der Waals surface area contributed by atoms with E-state index in [2.05, 4.69) is 20.8 Å². The highest BCUT2D eigenvalue weighted by Gasteiger charge is 2.33. The molecular weight excluding hydrogens is 400 g/mol. The summed E-state index contributed by atoms with van der Waals surface area (Å²) in [5.41, 5.74) is 0. The van der Waals surface area contributed by atoms with Gasteiger partial charge in [-0.05, 0) is 30.6 Å². The van der Waals surface area contributed by atoms with Crippen LogP contribution in [0.1, 0.15) is 40.0 Å². The highest BCUT2D eigenvalue weighted by molar-refractivity contribution is 5.90. The van der Waals surface area contributed by atoms with Crippen LogP contribution in [0.25, 0.3) is 0 Å². The standard InChI is InChI=1S/C14H22O4.C6H14O6/c1-9(2)11-5-4-10(3)8-12(11)18-14(17)7-6-13(15)16;7-1-3(9)5(11)6(12)4(10)2-8/h6-7,9-12H,4-5,8H2,1-3H3,(H,15,16);3-12H,1-2H2/b7-6+;/t;3-,4+,5-,6-/m.1/s1. The summed E-state index contributed by atoms with van der Waals surface area (Å²) in [6, 6.07) is 0. The minimum Gasteiger partial charge on any atom is -0.478 e. The van der Waals surface area contributed by atoms with Gasteiger partial charge in [-0.25, -0.2) is 9.59 Å². The summed E-state index contributed by atoms with van der Waals surface area (Å²) >= 11 is 0. The molecule has 0 amide bonds. The molecule has 176 valence electrons. The van der Waals surface area contributed by atoms with Crippen LogP contribution in [0.15, 0.2) is 12.2 Å². The molecular formula is C20H36O10. The first kappa shape index (κ1) is 28.4. The molecule has 1 rings (SSSR count). The molecule has 0 bridgehead atoms. The van der Waals surface area contributed by atoms with Crippen LogP contribution in [-0.4, -0.2) is 91.4 Å². The van der Waals surface area contributed by atoms with Crippen molar-refractivity contribution >= 4 is 11.9 Å². The maximum absolute atomic E-state index is 11.5. The van der Waals surface area contributed by atoms with Gasteiger partial charge in [0.1, 0.15) is 30.5 Å². The van der Waals surface area contributed by atoms with E-state index < -0.39 is 49.6 Å². The topological polar surface area (TPSA) is 185 Å². The molecule has 3 unspecified atom stereocenters. The number of aliphatic carboxylic acids is 1. The van der Waals surface area contributed by atoms with E-state index in [4.69, 9.17) is 40.5 Å². The molecule has 30 heavy (non-hydrogen) atoms. The van der Waals surface area contributed by atoms with Gasteiger partial charge in [0.2, 0.25) is 0 Å². The summed E-state index contributed by atoms with van der Waals surface area (Å²) in [5, 5.41) is 60.6. The lowest BCUT2D eigenvalue weighted by Crippen LogP contribution is -2.46. The Morgan fingerprint density at radius 1 is 0.967 bits per heavy atom. The predicted octanol–water partition coefficient (Wildman–Crippen LogP) is -0.954. The minimum atomic E-state index is -1.67. The fraction of sp³-hybridized carbons (Fsp3) is 0.800. The molecule has 0 aliphatic heterocycles. The minimum absolute atomic E-state index is 0.0836. The van der Waals surface area contributed by atoms with E-state index in [9.17, 15) is 9.59 Å². The van der Waals surface area contributed by atoms with Crippen molar-refractivity contribution in [2.24, 2.45) is 17.8 Å². The highest BCUT2D eigenvalue weighted by atomic mass is 16.5. The zero-order valence-electron chi connectivity index (χ0n) is 17.7. The average molecular weight is 436 g/mol. The number of carbonyl (C=O) groups excluding carboxylic acids is 1. The first-order valence-electron chi connectivity index (χ1n) is 10.00. The number of hydrogen-bond donors (Lipinski definition) is 7. The summed E-state index contributed by atoms with van der Waals surface area (Å²) < 4.78 is 5.40. The number of rotatable bonds is 9. The molecule has 7 N–H and O–H groups in total. The van der Waals surface area contributed by atoms with Crippen LogP contribution in [0.2, 0.25) is 0 Å². The van der Waals surface area contributed by atoms with Gasteiger partial charge in [0.05, 0.1) is 13.2 Å². The van der Waals surface area contributed by atoms with Gasteiger partial charge in [-0.3, -0.25) is 0 Å². The summed E-state index contributed by atoms with van der Waals surface area (Å²) in [4.78, 5) is 21.8. The summed E-state index contributed by atoms with van der Waals surface area (Å²) in [6.07, 6.45) is -1.56. The Hall–Kier alpha value is -1.56. The zero-order valence-corrected chi connectivity index (χ0v) is 17.7. The maximum atomic E-state index is 11.5. The molecule has 0 spiro atoms. The monoisotopic (exact) mass is 436 g/mol. The van der Waals surface area contributed by atoms with Crippen molar-refractivity contribution in [2.75, 3.05) is 13.2 Å². The number of ether oxygens (including phenoxy) is 1. The lowest BCUT2D eigenvalue weighted by molar-refractivity contribution is -0.150. The smallest absolute Gasteiger partial charge is 0.331 e. The summed E-state index contributed by atoms with van der Waals surface area (Å²) in [7, 11) is 0. The largest absolute Gasteiger partial charge is 0.478 e. The second-order valence-corrected chi connectivity index (χ2v) is 7.95. The molecule has 0 saturated heterocycles. The van der Waals surface area contributed by atoms with Crippen LogP contribution in [0.5, 0.6) is 0 Å². The molecule has 0 heterocycles. The molecule has 0 radical (unpaired) electrons. The van der Waals surface area contributed by atoms with Crippen molar-refractivity contribution in [3.63, 3.8) is 0 Å². The Morgan fingerprint density at radius 2 is 1.47 bits per heavy atom. The van der Waals surface area contributed by atoms with E-state index >= 15 is 0 Å². The number of aliphatic hydroxyl groups excluding tert-OH is 6. The zero-order chi connectivity index (χ0) is 23.4. The lowest BCUT2D eigenvalue weighted by Gasteiger charge is -2.36. The third kappa shape index (κ3) is 10.5. The Bertz CT molecular complexity index is 522. The molecule has 1 aliphatic carbocycles. The Morgan fingerprint density at radius 3 is 1.87 bits per heavy atom. The van der Waals surface area contributed by atoms with E-state index in [1.807, 2.05) is 0 Å². The first-order valence-corrected chi connectivity index (χ1v) is 10.00. The van der Waals surface area contributed by atoms with Gasteiger partial charge < -0.3 is 40.5 Å². The number of carboxylic acids is 1. The van der Waals surface area contributed by atoms with Crippen LogP contribution in [0, 0.1) is 17.8 Å². The molecule has 0 aromatic heterocycles. The molecule has 1 fully saturated rings. The fourth-order valence-electron chi connectivity index (χ4n) is 3.25.